The number of nitrogens with one attached hydrogen (secondary N) is 1. The normalized spacial score (nSPS) is 22.0. The third-order valence-corrected chi connectivity index (χ3v) is 5.16. The fourth-order valence-corrected chi connectivity index (χ4v) is 4.07. The van der Waals surface area contributed by atoms with Crippen molar-refractivity contribution in [1.82, 2.24) is 5.32 Å². The van der Waals surface area contributed by atoms with Crippen molar-refractivity contribution in [3.05, 3.63) is 47.0 Å². The van der Waals surface area contributed by atoms with E-state index in [1.165, 1.54) is 53.1 Å². The van der Waals surface area contributed by atoms with Crippen LogP contribution in [-0.2, 0) is 17.6 Å². The van der Waals surface area contributed by atoms with E-state index < -0.39 is 0 Å². The van der Waals surface area contributed by atoms with E-state index in [1.807, 2.05) is 0 Å². The number of ether oxygens (including phenoxy) is 1. The molecule has 0 bridgehead atoms. The van der Waals surface area contributed by atoms with Gasteiger partial charge in [0.15, 0.2) is 0 Å². The van der Waals surface area contributed by atoms with Crippen molar-refractivity contribution in [2.24, 2.45) is 0 Å². The average Bonchev–Trinajstić information content (AvgIpc) is 3.17. The second kappa shape index (κ2) is 5.43. The molecule has 2 unspecified atom stereocenters. The van der Waals surface area contributed by atoms with E-state index >= 15 is 0 Å². The van der Waals surface area contributed by atoms with Crippen LogP contribution in [0.5, 0.6) is 0 Å². The maximum absolute atomic E-state index is 5.84. The van der Waals surface area contributed by atoms with Gasteiger partial charge in [0.1, 0.15) is 0 Å². The van der Waals surface area contributed by atoms with Crippen LogP contribution in [0.15, 0.2) is 30.3 Å². The molecular formula is C19H23NO. The monoisotopic (exact) mass is 281 g/mol. The van der Waals surface area contributed by atoms with Gasteiger partial charge in [-0.25, -0.2) is 0 Å². The van der Waals surface area contributed by atoms with Crippen molar-refractivity contribution >= 4 is 10.8 Å². The second-order valence-electron chi connectivity index (χ2n) is 6.37. The van der Waals surface area contributed by atoms with Crippen LogP contribution in [0.25, 0.3) is 10.8 Å². The van der Waals surface area contributed by atoms with E-state index in [-0.39, 0.29) is 0 Å². The predicted molar refractivity (Wildman–Crippen MR) is 86.7 cm³/mol. The lowest BCUT2D eigenvalue weighted by Gasteiger charge is -2.22. The van der Waals surface area contributed by atoms with E-state index in [4.69, 9.17) is 4.74 Å². The molecule has 2 heteroatoms. The summed E-state index contributed by atoms with van der Waals surface area (Å²) in [5, 5.41) is 6.48. The van der Waals surface area contributed by atoms with Gasteiger partial charge in [-0.3, -0.25) is 0 Å². The highest BCUT2D eigenvalue weighted by molar-refractivity contribution is 5.93. The molecule has 1 aliphatic heterocycles. The van der Waals surface area contributed by atoms with Gasteiger partial charge in [0, 0.05) is 12.6 Å². The van der Waals surface area contributed by atoms with Gasteiger partial charge in [-0.2, -0.15) is 0 Å². The summed E-state index contributed by atoms with van der Waals surface area (Å²) >= 11 is 0. The van der Waals surface area contributed by atoms with Crippen molar-refractivity contribution < 1.29 is 4.74 Å². The fraction of sp³-hybridized carbons (Fsp3) is 0.474. The molecule has 0 aromatic heterocycles. The molecular weight excluding hydrogens is 258 g/mol. The SMILES string of the molecule is CNC(CC1CCCO1)c1ccc2c3c(cccc13)CC2. The molecule has 110 valence electrons. The Labute approximate surface area is 126 Å². The van der Waals surface area contributed by atoms with Crippen molar-refractivity contribution in [2.45, 2.75) is 44.2 Å². The Morgan fingerprint density at radius 2 is 2.05 bits per heavy atom. The average molecular weight is 281 g/mol. The van der Waals surface area contributed by atoms with Gasteiger partial charge in [-0.1, -0.05) is 30.3 Å². The Morgan fingerprint density at radius 1 is 1.19 bits per heavy atom. The van der Waals surface area contributed by atoms with Crippen molar-refractivity contribution in [1.29, 1.82) is 0 Å². The van der Waals surface area contributed by atoms with E-state index in [0.29, 0.717) is 12.1 Å². The third-order valence-electron chi connectivity index (χ3n) is 5.16. The Kier molecular flexibility index (Phi) is 3.44. The Morgan fingerprint density at radius 3 is 2.81 bits per heavy atom. The van der Waals surface area contributed by atoms with E-state index in [1.54, 1.807) is 0 Å². The van der Waals surface area contributed by atoms with Crippen LogP contribution in [0.1, 0.15) is 42.0 Å². The zero-order valence-electron chi connectivity index (χ0n) is 12.7. The lowest BCUT2D eigenvalue weighted by Crippen LogP contribution is -2.22. The molecule has 0 saturated carbocycles. The molecule has 2 atom stereocenters. The quantitative estimate of drug-likeness (QED) is 0.921. The smallest absolute Gasteiger partial charge is 0.0594 e. The summed E-state index contributed by atoms with van der Waals surface area (Å²) in [6, 6.07) is 11.9. The van der Waals surface area contributed by atoms with Gasteiger partial charge in [0.05, 0.1) is 6.10 Å². The predicted octanol–water partition coefficient (Wildman–Crippen LogP) is 3.77. The number of hydrogen-bond acceptors (Lipinski definition) is 2. The minimum Gasteiger partial charge on any atom is -0.378 e. The molecule has 0 spiro atoms. The number of benzene rings is 2. The highest BCUT2D eigenvalue weighted by atomic mass is 16.5. The summed E-state index contributed by atoms with van der Waals surface area (Å²) in [5.41, 5.74) is 4.49. The topological polar surface area (TPSA) is 21.3 Å². The van der Waals surface area contributed by atoms with Crippen LogP contribution in [0.4, 0.5) is 0 Å². The summed E-state index contributed by atoms with van der Waals surface area (Å²) < 4.78 is 5.84. The van der Waals surface area contributed by atoms with E-state index in [9.17, 15) is 0 Å². The van der Waals surface area contributed by atoms with Gasteiger partial charge >= 0.3 is 0 Å². The molecule has 1 N–H and O–H groups in total. The zero-order chi connectivity index (χ0) is 14.2. The minimum absolute atomic E-state index is 0.387. The van der Waals surface area contributed by atoms with Gasteiger partial charge in [0.2, 0.25) is 0 Å². The standard InChI is InChI=1S/C19H23NO/c1-20-18(12-15-5-3-11-21-15)16-10-9-14-8-7-13-4-2-6-17(16)19(13)14/h2,4,6,9-10,15,18,20H,3,5,7-8,11-12H2,1H3. The number of aryl methyl sites for hydroxylation is 2. The van der Waals surface area contributed by atoms with Crippen molar-refractivity contribution in [2.75, 3.05) is 13.7 Å². The summed E-state index contributed by atoms with van der Waals surface area (Å²) in [5.74, 6) is 0. The Bertz CT molecular complexity index is 648. The third kappa shape index (κ3) is 2.27. The first kappa shape index (κ1) is 13.3. The maximum atomic E-state index is 5.84. The molecule has 1 aliphatic carbocycles. The Balaban J connectivity index is 1.75. The minimum atomic E-state index is 0.387. The molecule has 4 rings (SSSR count). The van der Waals surface area contributed by atoms with Crippen LogP contribution in [0, 0.1) is 0 Å². The first-order valence-corrected chi connectivity index (χ1v) is 8.19. The highest BCUT2D eigenvalue weighted by Gasteiger charge is 2.24. The molecule has 2 aliphatic rings. The van der Waals surface area contributed by atoms with E-state index in [0.717, 1.165) is 13.0 Å². The van der Waals surface area contributed by atoms with Crippen molar-refractivity contribution in [3.8, 4) is 0 Å². The number of hydrogen-bond donors (Lipinski definition) is 1. The van der Waals surface area contributed by atoms with Gasteiger partial charge in [0.25, 0.3) is 0 Å². The maximum Gasteiger partial charge on any atom is 0.0594 e. The van der Waals surface area contributed by atoms with Crippen LogP contribution in [-0.4, -0.2) is 19.8 Å². The van der Waals surface area contributed by atoms with Crippen LogP contribution in [0.2, 0.25) is 0 Å². The summed E-state index contributed by atoms with van der Waals surface area (Å²) in [6.45, 7) is 0.935. The second-order valence-corrected chi connectivity index (χ2v) is 6.37. The number of rotatable bonds is 4. The molecule has 1 saturated heterocycles. The van der Waals surface area contributed by atoms with Gasteiger partial charge in [-0.15, -0.1) is 0 Å². The molecule has 21 heavy (non-hydrogen) atoms. The molecule has 1 fully saturated rings. The molecule has 2 aromatic rings. The molecule has 2 aromatic carbocycles. The lowest BCUT2D eigenvalue weighted by molar-refractivity contribution is 0.0955. The van der Waals surface area contributed by atoms with Crippen LogP contribution < -0.4 is 5.32 Å². The van der Waals surface area contributed by atoms with Crippen LogP contribution >= 0.6 is 0 Å². The first-order valence-electron chi connectivity index (χ1n) is 8.19. The molecule has 0 amide bonds. The van der Waals surface area contributed by atoms with Gasteiger partial charge in [-0.05, 0) is 66.6 Å². The summed E-state index contributed by atoms with van der Waals surface area (Å²) in [4.78, 5) is 0. The summed E-state index contributed by atoms with van der Waals surface area (Å²) in [7, 11) is 2.07. The molecule has 0 radical (unpaired) electrons. The fourth-order valence-electron chi connectivity index (χ4n) is 4.07. The van der Waals surface area contributed by atoms with Crippen LogP contribution in [0.3, 0.4) is 0 Å². The lowest BCUT2D eigenvalue weighted by atomic mass is 9.92. The largest absolute Gasteiger partial charge is 0.378 e. The first-order chi connectivity index (χ1) is 10.4. The zero-order valence-corrected chi connectivity index (χ0v) is 12.7. The summed E-state index contributed by atoms with van der Waals surface area (Å²) in [6.07, 6.45) is 6.32. The Hall–Kier alpha value is -1.38. The highest BCUT2D eigenvalue weighted by Crippen LogP contribution is 2.36. The molecule has 2 nitrogen and oxygen atoms in total. The van der Waals surface area contributed by atoms with Crippen molar-refractivity contribution in [3.63, 3.8) is 0 Å². The van der Waals surface area contributed by atoms with Gasteiger partial charge < -0.3 is 10.1 Å². The molecule has 1 heterocycles. The van der Waals surface area contributed by atoms with E-state index in [2.05, 4.69) is 42.7 Å².